The van der Waals surface area contributed by atoms with E-state index in [1.54, 1.807) is 30.6 Å². The van der Waals surface area contributed by atoms with Crippen LogP contribution in [0.5, 0.6) is 11.5 Å². The van der Waals surface area contributed by atoms with Crippen LogP contribution in [0.1, 0.15) is 111 Å². The summed E-state index contributed by atoms with van der Waals surface area (Å²) >= 11 is 6.23. The van der Waals surface area contributed by atoms with Crippen LogP contribution in [0, 0.1) is 21.4 Å². The molecule has 0 bridgehead atoms. The lowest BCUT2D eigenvalue weighted by Crippen LogP contribution is -2.60. The molecule has 73 heavy (non-hydrogen) atoms. The number of benzene rings is 4. The maximum absolute atomic E-state index is 14.1. The maximum Gasteiger partial charge on any atom is 0.293 e. The number of sulfonamides is 1. The van der Waals surface area contributed by atoms with Gasteiger partial charge in [-0.25, -0.2) is 18.1 Å². The van der Waals surface area contributed by atoms with Crippen molar-refractivity contribution in [2.75, 3.05) is 49.5 Å². The van der Waals surface area contributed by atoms with Gasteiger partial charge in [-0.05, 0) is 141 Å². The average Bonchev–Trinajstić information content (AvgIpc) is 3.84. The predicted octanol–water partition coefficient (Wildman–Crippen LogP) is 10.8. The van der Waals surface area contributed by atoms with Crippen LogP contribution in [0.15, 0.2) is 114 Å². The number of carbonyl (C=O) groups excluding carboxylic acids is 1. The fraction of sp³-hybridized carbons (Fsp3) is 0.429. The molecule has 1 atom stereocenters. The Hall–Kier alpha value is -6.04. The van der Waals surface area contributed by atoms with Crippen LogP contribution < -0.4 is 19.7 Å². The molecule has 10 rings (SSSR count). The molecule has 4 fully saturated rings. The minimum Gasteiger partial charge on any atom is -0.455 e. The third-order valence-corrected chi connectivity index (χ3v) is 17.7. The van der Waals surface area contributed by atoms with Crippen molar-refractivity contribution in [2.24, 2.45) is 11.3 Å². The summed E-state index contributed by atoms with van der Waals surface area (Å²) in [7, 11) is -4.59. The van der Waals surface area contributed by atoms with Crippen LogP contribution in [-0.2, 0) is 16.6 Å². The van der Waals surface area contributed by atoms with Crippen LogP contribution >= 0.6 is 11.6 Å². The van der Waals surface area contributed by atoms with E-state index in [1.807, 2.05) is 31.2 Å². The van der Waals surface area contributed by atoms with Crippen molar-refractivity contribution in [3.63, 3.8) is 0 Å². The fourth-order valence-electron chi connectivity index (χ4n) is 11.8. The van der Waals surface area contributed by atoms with Gasteiger partial charge in [-0.15, -0.1) is 0 Å². The first-order valence-corrected chi connectivity index (χ1v) is 27.5. The Morgan fingerprint density at radius 3 is 2.45 bits per heavy atom. The first-order chi connectivity index (χ1) is 35.0. The summed E-state index contributed by atoms with van der Waals surface area (Å²) in [6.07, 6.45) is 10.4. The highest BCUT2D eigenvalue weighted by molar-refractivity contribution is 7.90. The van der Waals surface area contributed by atoms with Gasteiger partial charge >= 0.3 is 0 Å². The third-order valence-electron chi connectivity index (χ3n) is 16.1. The number of pyridine rings is 1. The molecule has 2 aliphatic carbocycles. The summed E-state index contributed by atoms with van der Waals surface area (Å²) in [5.74, 6) is 0.165. The van der Waals surface area contributed by atoms with Crippen molar-refractivity contribution in [3.8, 4) is 11.5 Å². The van der Waals surface area contributed by atoms with Crippen molar-refractivity contribution in [2.45, 2.75) is 107 Å². The average molecular weight is 1030 g/mol. The number of aliphatic hydroxyl groups is 1. The summed E-state index contributed by atoms with van der Waals surface area (Å²) < 4.78 is 36.2. The lowest BCUT2D eigenvalue weighted by molar-refractivity contribution is -0.384. The number of piperazine rings is 1. The van der Waals surface area contributed by atoms with Gasteiger partial charge in [0.15, 0.2) is 0 Å². The van der Waals surface area contributed by atoms with Crippen LogP contribution in [0.3, 0.4) is 0 Å². The molecule has 4 aromatic carbocycles. The molecule has 0 radical (unpaired) electrons. The summed E-state index contributed by atoms with van der Waals surface area (Å²) in [5.41, 5.74) is 4.85. The van der Waals surface area contributed by atoms with Crippen molar-refractivity contribution in [3.05, 3.63) is 147 Å². The predicted molar refractivity (Wildman–Crippen MR) is 285 cm³/mol. The standard InChI is InChI=1S/C56H65ClN8O7S/c1-37(2)46-6-4-5-7-47(46)51-36-62(35-39-8-10-41(57)11-9-39)26-27-64(51)43-31-56(32-43)21-24-63(25-22-56)42-12-14-48(52(29-42)72-44-28-40-18-23-58-53(40)60-34-44)54(66)61-73(70,71)45-13-15-49(50(30-45)65(68)69)59-33-38-16-19-55(3,67)20-17-38/h4-15,18,23,28-30,34,37-38,43,51,59,67H,16-17,19-22,24-27,31-33,35-36H2,1-3H3,(H,58,60)(H,61,66)/t38-,51-,55-/m0/s1. The number of nitro benzene ring substituents is 1. The molecule has 4 heterocycles. The summed E-state index contributed by atoms with van der Waals surface area (Å²) in [4.78, 5) is 40.5. The molecule has 384 valence electrons. The van der Waals surface area contributed by atoms with Gasteiger partial charge in [0.2, 0.25) is 0 Å². The number of anilines is 2. The molecule has 6 aromatic rings. The number of aromatic nitrogens is 2. The minimum atomic E-state index is -4.59. The highest BCUT2D eigenvalue weighted by atomic mass is 35.5. The number of H-pyrrole nitrogens is 1. The second-order valence-electron chi connectivity index (χ2n) is 21.5. The molecule has 2 aromatic heterocycles. The Morgan fingerprint density at radius 2 is 1.71 bits per heavy atom. The molecule has 0 unspecified atom stereocenters. The lowest BCUT2D eigenvalue weighted by atomic mass is 9.59. The van der Waals surface area contributed by atoms with Gasteiger partial charge in [0.25, 0.3) is 21.6 Å². The van der Waals surface area contributed by atoms with Crippen LogP contribution in [0.4, 0.5) is 17.1 Å². The van der Waals surface area contributed by atoms with Crippen LogP contribution in [0.2, 0.25) is 5.02 Å². The molecule has 15 nitrogen and oxygen atoms in total. The summed E-state index contributed by atoms with van der Waals surface area (Å²) in [6.45, 7) is 12.3. The monoisotopic (exact) mass is 1030 g/mol. The van der Waals surface area contributed by atoms with Gasteiger partial charge in [-0.1, -0.05) is 61.8 Å². The number of piperidine rings is 1. The first kappa shape index (κ1) is 50.5. The van der Waals surface area contributed by atoms with Crippen molar-refractivity contribution < 1.29 is 28.0 Å². The smallest absolute Gasteiger partial charge is 0.293 e. The molecule has 4 aliphatic rings. The van der Waals surface area contributed by atoms with Crippen molar-refractivity contribution in [1.29, 1.82) is 0 Å². The Labute approximate surface area is 432 Å². The number of halogens is 1. The molecule has 1 spiro atoms. The molecular weight excluding hydrogens is 964 g/mol. The topological polar surface area (TPSA) is 186 Å². The lowest BCUT2D eigenvalue weighted by Gasteiger charge is -2.58. The second-order valence-corrected chi connectivity index (χ2v) is 23.6. The number of ether oxygens (including phenoxy) is 1. The number of hydrogen-bond donors (Lipinski definition) is 4. The van der Waals surface area contributed by atoms with E-state index in [0.717, 1.165) is 100.0 Å². The van der Waals surface area contributed by atoms with Gasteiger partial charge < -0.3 is 25.0 Å². The minimum absolute atomic E-state index is 0.0297. The van der Waals surface area contributed by atoms with Crippen LogP contribution in [0.25, 0.3) is 11.0 Å². The van der Waals surface area contributed by atoms with E-state index < -0.39 is 37.0 Å². The maximum atomic E-state index is 14.1. The zero-order valence-electron chi connectivity index (χ0n) is 41.7. The number of nitro groups is 1. The van der Waals surface area contributed by atoms with E-state index in [4.69, 9.17) is 16.3 Å². The first-order valence-electron chi connectivity index (χ1n) is 25.6. The molecule has 2 saturated heterocycles. The molecule has 2 saturated carbocycles. The van der Waals surface area contributed by atoms with E-state index in [0.29, 0.717) is 48.8 Å². The number of nitrogens with zero attached hydrogens (tertiary/aromatic N) is 5. The zero-order valence-corrected chi connectivity index (χ0v) is 43.3. The van der Waals surface area contributed by atoms with Crippen molar-refractivity contribution >= 4 is 55.6 Å². The molecule has 17 heteroatoms. The van der Waals surface area contributed by atoms with Gasteiger partial charge in [0, 0.05) is 92.3 Å². The SMILES string of the molecule is CC(C)c1ccccc1[C@@H]1CN(Cc2ccc(Cl)cc2)CCN1C1CC2(CCN(c3ccc(C(=O)NS(=O)(=O)c4ccc(NC[C@H]5CC[C@](C)(O)CC5)c([N+](=O)[O-])c4)c(Oc4cnc5[nH]ccc5c4)c3)CC2)C1. The third kappa shape index (κ3) is 11.2. The van der Waals surface area contributed by atoms with Crippen molar-refractivity contribution in [1.82, 2.24) is 24.5 Å². The zero-order chi connectivity index (χ0) is 51.1. The van der Waals surface area contributed by atoms with E-state index in [9.17, 15) is 28.4 Å². The number of hydrogen-bond acceptors (Lipinski definition) is 12. The number of aromatic amines is 1. The largest absolute Gasteiger partial charge is 0.455 e. The fourth-order valence-corrected chi connectivity index (χ4v) is 12.9. The quantitative estimate of drug-likeness (QED) is 0.0564. The number of rotatable bonds is 15. The number of nitrogens with one attached hydrogen (secondary N) is 3. The number of carbonyl (C=O) groups is 1. The van der Waals surface area contributed by atoms with E-state index >= 15 is 0 Å². The Bertz CT molecular complexity index is 3080. The van der Waals surface area contributed by atoms with Crippen LogP contribution in [-0.4, -0.2) is 95.0 Å². The molecule has 2 aliphatic heterocycles. The summed E-state index contributed by atoms with van der Waals surface area (Å²) in [5, 5.41) is 27.2. The summed E-state index contributed by atoms with van der Waals surface area (Å²) in [6, 6.07) is 30.4. The highest BCUT2D eigenvalue weighted by Crippen LogP contribution is 2.53. The van der Waals surface area contributed by atoms with E-state index in [2.05, 4.69) is 85.0 Å². The number of amides is 1. The Balaban J connectivity index is 0.832. The number of fused-ring (bicyclic) bond motifs is 1. The van der Waals surface area contributed by atoms with Gasteiger partial charge in [-0.2, -0.15) is 0 Å². The van der Waals surface area contributed by atoms with E-state index in [1.165, 1.54) is 28.8 Å². The normalized spacial score (nSPS) is 21.8. The highest BCUT2D eigenvalue weighted by Gasteiger charge is 2.50. The van der Waals surface area contributed by atoms with Gasteiger partial charge in [-0.3, -0.25) is 24.7 Å². The Morgan fingerprint density at radius 1 is 0.959 bits per heavy atom. The van der Waals surface area contributed by atoms with Gasteiger partial charge in [0.05, 0.1) is 27.2 Å². The van der Waals surface area contributed by atoms with E-state index in [-0.39, 0.29) is 28.3 Å². The molecule has 1 amide bonds. The molecule has 4 N–H and O–H groups in total. The molecular formula is C56H65ClN8O7S. The van der Waals surface area contributed by atoms with Gasteiger partial charge in [0.1, 0.15) is 22.8 Å². The second kappa shape index (κ2) is 20.7. The Kier molecular flexibility index (Phi) is 14.3.